The molecule has 0 aliphatic carbocycles. The van der Waals surface area contributed by atoms with Crippen molar-refractivity contribution in [2.45, 2.75) is 90.9 Å². The second-order valence-corrected chi connectivity index (χ2v) is 7.56. The van der Waals surface area contributed by atoms with Crippen molar-refractivity contribution in [1.29, 1.82) is 0 Å². The number of aliphatic hydroxyl groups excluding tert-OH is 1. The van der Waals surface area contributed by atoms with E-state index in [1.807, 2.05) is 0 Å². The third-order valence-electron chi connectivity index (χ3n) is 5.67. The summed E-state index contributed by atoms with van der Waals surface area (Å²) in [6.45, 7) is 8.72. The predicted molar refractivity (Wildman–Crippen MR) is 110 cm³/mol. The number of likely N-dealkylation sites (N-methyl/N-ethyl adjacent to an activating group) is 1. The standard InChI is InChI=1S/C22H43N2O/c1-3-5-6-7-8-9-10-11-12-13-14-15-16-17-22-23-18-19-24(22,4-2)20-21-25/h12-13,25H,3-11,14-21H2,1-2H3/q+1/b13-12+. The Kier molecular flexibility index (Phi) is 13.0. The predicted octanol–water partition coefficient (Wildman–Crippen LogP) is 5.48. The summed E-state index contributed by atoms with van der Waals surface area (Å²) in [5.41, 5.74) is 0. The molecule has 1 atom stereocenters. The van der Waals surface area contributed by atoms with Crippen LogP contribution in [0.15, 0.2) is 17.1 Å². The van der Waals surface area contributed by atoms with Crippen LogP contribution in [0.5, 0.6) is 0 Å². The smallest absolute Gasteiger partial charge is 0.198 e. The van der Waals surface area contributed by atoms with Gasteiger partial charge in [0.2, 0.25) is 0 Å². The first-order valence-corrected chi connectivity index (χ1v) is 10.9. The highest BCUT2D eigenvalue weighted by Crippen LogP contribution is 2.19. The van der Waals surface area contributed by atoms with Crippen LogP contribution in [0.2, 0.25) is 0 Å². The zero-order valence-corrected chi connectivity index (χ0v) is 17.0. The topological polar surface area (TPSA) is 32.6 Å². The molecule has 1 aliphatic rings. The molecule has 3 nitrogen and oxygen atoms in total. The number of allylic oxidation sites excluding steroid dienone is 2. The summed E-state index contributed by atoms with van der Waals surface area (Å²) in [5.74, 6) is 1.34. The number of nitrogens with zero attached hydrogens (tertiary/aromatic N) is 2. The minimum absolute atomic E-state index is 0.272. The average Bonchev–Trinajstić information content (AvgIpc) is 3.02. The van der Waals surface area contributed by atoms with Gasteiger partial charge in [-0.15, -0.1) is 0 Å². The van der Waals surface area contributed by atoms with Crippen molar-refractivity contribution in [1.82, 2.24) is 0 Å². The van der Waals surface area contributed by atoms with Crippen LogP contribution in [0.4, 0.5) is 0 Å². The molecule has 0 aromatic carbocycles. The first kappa shape index (κ1) is 22.4. The number of amidine groups is 1. The minimum atomic E-state index is 0.272. The van der Waals surface area contributed by atoms with E-state index in [-0.39, 0.29) is 6.61 Å². The van der Waals surface area contributed by atoms with Gasteiger partial charge in [-0.05, 0) is 39.0 Å². The van der Waals surface area contributed by atoms with Crippen LogP contribution in [-0.2, 0) is 0 Å². The van der Waals surface area contributed by atoms with Crippen molar-refractivity contribution < 1.29 is 9.59 Å². The second-order valence-electron chi connectivity index (χ2n) is 7.56. The zero-order chi connectivity index (χ0) is 18.2. The van der Waals surface area contributed by atoms with Gasteiger partial charge in [0.15, 0.2) is 5.84 Å². The van der Waals surface area contributed by atoms with Gasteiger partial charge in [0.05, 0.1) is 19.7 Å². The van der Waals surface area contributed by atoms with E-state index < -0.39 is 0 Å². The number of aliphatic hydroxyl groups is 1. The summed E-state index contributed by atoms with van der Waals surface area (Å²) in [4.78, 5) is 4.73. The van der Waals surface area contributed by atoms with E-state index in [0.717, 1.165) is 37.1 Å². The van der Waals surface area contributed by atoms with Crippen molar-refractivity contribution in [2.24, 2.45) is 4.99 Å². The molecule has 1 heterocycles. The number of hydrogen-bond donors (Lipinski definition) is 1. The van der Waals surface area contributed by atoms with E-state index in [2.05, 4.69) is 26.0 Å². The van der Waals surface area contributed by atoms with Gasteiger partial charge in [-0.3, -0.25) is 4.48 Å². The lowest BCUT2D eigenvalue weighted by Gasteiger charge is -2.33. The molecule has 0 bridgehead atoms. The van der Waals surface area contributed by atoms with E-state index in [1.165, 1.54) is 76.5 Å². The van der Waals surface area contributed by atoms with Crippen LogP contribution >= 0.6 is 0 Å². The average molecular weight is 352 g/mol. The van der Waals surface area contributed by atoms with Crippen LogP contribution in [0, 0.1) is 0 Å². The Morgan fingerprint density at radius 3 is 2.20 bits per heavy atom. The Hall–Kier alpha value is -0.670. The molecule has 0 amide bonds. The van der Waals surface area contributed by atoms with Crippen molar-refractivity contribution in [3.8, 4) is 0 Å². The maximum atomic E-state index is 9.35. The Morgan fingerprint density at radius 1 is 0.920 bits per heavy atom. The quantitative estimate of drug-likeness (QED) is 0.223. The van der Waals surface area contributed by atoms with Crippen LogP contribution in [0.3, 0.4) is 0 Å². The summed E-state index contributed by atoms with van der Waals surface area (Å²) in [6, 6.07) is 0. The molecule has 0 aromatic heterocycles. The van der Waals surface area contributed by atoms with Gasteiger partial charge in [0.1, 0.15) is 13.1 Å². The fourth-order valence-electron chi connectivity index (χ4n) is 3.90. The Balaban J connectivity index is 2.01. The zero-order valence-electron chi connectivity index (χ0n) is 17.0. The molecule has 0 fully saturated rings. The molecule has 0 saturated carbocycles. The fraction of sp³-hybridized carbons (Fsp3) is 0.864. The lowest BCUT2D eigenvalue weighted by atomic mass is 10.1. The number of aliphatic imine (C=N–C) groups is 1. The Morgan fingerprint density at radius 2 is 1.56 bits per heavy atom. The molecule has 0 radical (unpaired) electrons. The summed E-state index contributed by atoms with van der Waals surface area (Å²) in [7, 11) is 0. The lowest BCUT2D eigenvalue weighted by Crippen LogP contribution is -2.52. The highest BCUT2D eigenvalue weighted by Gasteiger charge is 2.35. The first-order chi connectivity index (χ1) is 12.3. The Labute approximate surface area is 156 Å². The fourth-order valence-corrected chi connectivity index (χ4v) is 3.90. The number of hydrogen-bond acceptors (Lipinski definition) is 2. The van der Waals surface area contributed by atoms with E-state index in [1.54, 1.807) is 0 Å². The van der Waals surface area contributed by atoms with Crippen LogP contribution < -0.4 is 0 Å². The third kappa shape index (κ3) is 9.01. The van der Waals surface area contributed by atoms with E-state index in [4.69, 9.17) is 4.99 Å². The molecular formula is C22H43N2O+. The third-order valence-corrected chi connectivity index (χ3v) is 5.67. The van der Waals surface area contributed by atoms with Crippen LogP contribution in [-0.4, -0.2) is 48.2 Å². The van der Waals surface area contributed by atoms with Crippen molar-refractivity contribution in [2.75, 3.05) is 32.8 Å². The normalized spacial score (nSPS) is 20.5. The molecule has 0 aromatic rings. The second kappa shape index (κ2) is 14.5. The maximum Gasteiger partial charge on any atom is 0.198 e. The van der Waals surface area contributed by atoms with Crippen molar-refractivity contribution in [3.05, 3.63) is 12.2 Å². The van der Waals surface area contributed by atoms with Gasteiger partial charge in [-0.1, -0.05) is 57.6 Å². The lowest BCUT2D eigenvalue weighted by molar-refractivity contribution is -0.835. The highest BCUT2D eigenvalue weighted by molar-refractivity contribution is 5.76. The van der Waals surface area contributed by atoms with Crippen LogP contribution in [0.1, 0.15) is 90.9 Å². The Bertz CT molecular complexity index is 378. The van der Waals surface area contributed by atoms with Gasteiger partial charge in [0, 0.05) is 6.42 Å². The van der Waals surface area contributed by atoms with E-state index in [0.29, 0.717) is 0 Å². The highest BCUT2D eigenvalue weighted by atomic mass is 16.3. The molecule has 3 heteroatoms. The molecule has 0 spiro atoms. The number of quaternary nitrogens is 1. The monoisotopic (exact) mass is 351 g/mol. The molecule has 1 aliphatic heterocycles. The molecule has 1 N–H and O–H groups in total. The number of unbranched alkanes of at least 4 members (excludes halogenated alkanes) is 9. The van der Waals surface area contributed by atoms with Gasteiger partial charge in [-0.2, -0.15) is 0 Å². The van der Waals surface area contributed by atoms with Gasteiger partial charge in [0.25, 0.3) is 0 Å². The largest absolute Gasteiger partial charge is 0.390 e. The summed E-state index contributed by atoms with van der Waals surface area (Å²) in [5, 5.41) is 9.35. The molecule has 1 unspecified atom stereocenters. The van der Waals surface area contributed by atoms with Crippen molar-refractivity contribution >= 4 is 5.84 Å². The van der Waals surface area contributed by atoms with E-state index >= 15 is 0 Å². The molecule has 0 saturated heterocycles. The van der Waals surface area contributed by atoms with Gasteiger partial charge < -0.3 is 5.11 Å². The SMILES string of the molecule is CCCCCCCCC/C=C/CCCCC1=NCC[N+]1(CC)CCO. The number of rotatable bonds is 16. The molecule has 25 heavy (non-hydrogen) atoms. The first-order valence-electron chi connectivity index (χ1n) is 10.9. The summed E-state index contributed by atoms with van der Waals surface area (Å²) in [6.07, 6.45) is 20.6. The van der Waals surface area contributed by atoms with Gasteiger partial charge in [-0.25, -0.2) is 4.99 Å². The molecule has 1 rings (SSSR count). The summed E-state index contributed by atoms with van der Waals surface area (Å²) >= 11 is 0. The van der Waals surface area contributed by atoms with E-state index in [9.17, 15) is 5.11 Å². The van der Waals surface area contributed by atoms with Crippen LogP contribution in [0.25, 0.3) is 0 Å². The van der Waals surface area contributed by atoms with Crippen molar-refractivity contribution in [3.63, 3.8) is 0 Å². The molecule has 146 valence electrons. The van der Waals surface area contributed by atoms with Gasteiger partial charge >= 0.3 is 0 Å². The molecular weight excluding hydrogens is 308 g/mol. The summed E-state index contributed by atoms with van der Waals surface area (Å²) < 4.78 is 0.935. The maximum absolute atomic E-state index is 9.35. The minimum Gasteiger partial charge on any atom is -0.390 e.